The summed E-state index contributed by atoms with van der Waals surface area (Å²) in [5.74, 6) is 0.0949. The molecule has 2 nitrogen and oxygen atoms in total. The van der Waals surface area contributed by atoms with Crippen molar-refractivity contribution in [2.45, 2.75) is 12.3 Å². The molecule has 0 aromatic heterocycles. The number of methoxy groups -OCH3 is 1. The largest absolute Gasteiger partial charge is 0.495 e. The standard InChI is InChI=1S/C9H8ClF3O2/c1-15-7-4-5(2-3-6(7)10)8(14)9(11,12)13/h2-4,8,14H,1H3/t8-/m0/s1. The molecular formula is C9H8ClF3O2. The summed E-state index contributed by atoms with van der Waals surface area (Å²) in [6.45, 7) is 0. The minimum atomic E-state index is -4.70. The molecule has 0 aliphatic carbocycles. The molecule has 0 bridgehead atoms. The molecule has 0 unspecified atom stereocenters. The van der Waals surface area contributed by atoms with Gasteiger partial charge in [-0.05, 0) is 17.7 Å². The van der Waals surface area contributed by atoms with Gasteiger partial charge in [0, 0.05) is 0 Å². The van der Waals surface area contributed by atoms with Crippen molar-refractivity contribution in [2.24, 2.45) is 0 Å². The van der Waals surface area contributed by atoms with E-state index in [4.69, 9.17) is 21.4 Å². The molecule has 6 heteroatoms. The van der Waals surface area contributed by atoms with Gasteiger partial charge in [-0.2, -0.15) is 13.2 Å². The van der Waals surface area contributed by atoms with Crippen LogP contribution in [-0.4, -0.2) is 18.4 Å². The predicted octanol–water partition coefficient (Wildman–Crippen LogP) is 2.94. The number of rotatable bonds is 2. The van der Waals surface area contributed by atoms with Crippen molar-refractivity contribution in [2.75, 3.05) is 7.11 Å². The van der Waals surface area contributed by atoms with Crippen molar-refractivity contribution in [3.63, 3.8) is 0 Å². The molecule has 1 atom stereocenters. The lowest BCUT2D eigenvalue weighted by Crippen LogP contribution is -2.20. The second kappa shape index (κ2) is 4.28. The fourth-order valence-corrected chi connectivity index (χ4v) is 1.23. The molecule has 0 aliphatic heterocycles. The summed E-state index contributed by atoms with van der Waals surface area (Å²) in [7, 11) is 1.28. The highest BCUT2D eigenvalue weighted by Gasteiger charge is 2.39. The van der Waals surface area contributed by atoms with E-state index in [9.17, 15) is 13.2 Å². The SMILES string of the molecule is COc1cc([C@H](O)C(F)(F)F)ccc1Cl. The third-order valence-corrected chi connectivity index (χ3v) is 2.11. The first-order valence-corrected chi connectivity index (χ1v) is 4.32. The molecule has 1 aromatic carbocycles. The minimum Gasteiger partial charge on any atom is -0.495 e. The van der Waals surface area contributed by atoms with Crippen LogP contribution in [0.1, 0.15) is 11.7 Å². The molecule has 0 saturated carbocycles. The molecule has 1 aromatic rings. The Labute approximate surface area is 89.2 Å². The van der Waals surface area contributed by atoms with Crippen molar-refractivity contribution in [1.82, 2.24) is 0 Å². The Morgan fingerprint density at radius 2 is 2.00 bits per heavy atom. The number of aliphatic hydroxyl groups is 1. The van der Waals surface area contributed by atoms with Crippen molar-refractivity contribution in [1.29, 1.82) is 0 Å². The first-order valence-electron chi connectivity index (χ1n) is 3.94. The lowest BCUT2D eigenvalue weighted by atomic mass is 10.1. The molecule has 1 N–H and O–H groups in total. The predicted molar refractivity (Wildman–Crippen MR) is 49.0 cm³/mol. The zero-order valence-electron chi connectivity index (χ0n) is 7.68. The van der Waals surface area contributed by atoms with Crippen molar-refractivity contribution < 1.29 is 23.0 Å². The maximum absolute atomic E-state index is 12.1. The third-order valence-electron chi connectivity index (χ3n) is 1.80. The highest BCUT2D eigenvalue weighted by Crippen LogP contribution is 2.35. The Morgan fingerprint density at radius 3 is 2.47 bits per heavy atom. The zero-order chi connectivity index (χ0) is 11.6. The number of hydrogen-bond donors (Lipinski definition) is 1. The summed E-state index contributed by atoms with van der Waals surface area (Å²) in [5.41, 5.74) is -0.302. The second-order valence-electron chi connectivity index (χ2n) is 2.84. The van der Waals surface area contributed by atoms with Crippen LogP contribution in [-0.2, 0) is 0 Å². The molecule has 0 amide bonds. The fraction of sp³-hybridized carbons (Fsp3) is 0.333. The molecule has 0 aliphatic rings. The number of aliphatic hydroxyl groups excluding tert-OH is 1. The van der Waals surface area contributed by atoms with Crippen molar-refractivity contribution in [3.05, 3.63) is 28.8 Å². The van der Waals surface area contributed by atoms with E-state index in [-0.39, 0.29) is 16.3 Å². The maximum atomic E-state index is 12.1. The van der Waals surface area contributed by atoms with E-state index in [1.54, 1.807) is 0 Å². The highest BCUT2D eigenvalue weighted by atomic mass is 35.5. The molecule has 0 heterocycles. The first kappa shape index (κ1) is 12.1. The smallest absolute Gasteiger partial charge is 0.418 e. The monoisotopic (exact) mass is 240 g/mol. The molecule has 1 rings (SSSR count). The summed E-state index contributed by atoms with van der Waals surface area (Å²) >= 11 is 5.63. The molecule has 84 valence electrons. The van der Waals surface area contributed by atoms with Crippen LogP contribution >= 0.6 is 11.6 Å². The van der Waals surface area contributed by atoms with Gasteiger partial charge < -0.3 is 9.84 Å². The van der Waals surface area contributed by atoms with Crippen LogP contribution < -0.4 is 4.74 Å². The number of halogens is 4. The van der Waals surface area contributed by atoms with E-state index in [2.05, 4.69) is 0 Å². The van der Waals surface area contributed by atoms with Gasteiger partial charge in [0.25, 0.3) is 0 Å². The zero-order valence-corrected chi connectivity index (χ0v) is 8.43. The van der Waals surface area contributed by atoms with Gasteiger partial charge in [0.05, 0.1) is 12.1 Å². The second-order valence-corrected chi connectivity index (χ2v) is 3.25. The summed E-state index contributed by atoms with van der Waals surface area (Å²) in [6.07, 6.45) is -7.22. The summed E-state index contributed by atoms with van der Waals surface area (Å²) in [6, 6.07) is 3.40. The van der Waals surface area contributed by atoms with Crippen LogP contribution in [0, 0.1) is 0 Å². The number of hydrogen-bond acceptors (Lipinski definition) is 2. The lowest BCUT2D eigenvalue weighted by Gasteiger charge is -2.15. The van der Waals surface area contributed by atoms with Gasteiger partial charge >= 0.3 is 6.18 Å². The van der Waals surface area contributed by atoms with Crippen LogP contribution in [0.5, 0.6) is 5.75 Å². The normalized spacial score (nSPS) is 13.7. The van der Waals surface area contributed by atoms with Gasteiger partial charge in [0.2, 0.25) is 0 Å². The summed E-state index contributed by atoms with van der Waals surface area (Å²) < 4.78 is 41.2. The molecular weight excluding hydrogens is 233 g/mol. The van der Waals surface area contributed by atoms with Crippen LogP contribution in [0.3, 0.4) is 0 Å². The maximum Gasteiger partial charge on any atom is 0.418 e. The first-order chi connectivity index (χ1) is 6.86. The third kappa shape index (κ3) is 2.76. The Bertz CT molecular complexity index is 352. The van der Waals surface area contributed by atoms with Crippen LogP contribution in [0.15, 0.2) is 18.2 Å². The van der Waals surface area contributed by atoms with E-state index < -0.39 is 12.3 Å². The topological polar surface area (TPSA) is 29.5 Å². The Kier molecular flexibility index (Phi) is 3.46. The van der Waals surface area contributed by atoms with Crippen LogP contribution in [0.25, 0.3) is 0 Å². The summed E-state index contributed by atoms with van der Waals surface area (Å²) in [4.78, 5) is 0. The van der Waals surface area contributed by atoms with Crippen LogP contribution in [0.4, 0.5) is 13.2 Å². The Hall–Kier alpha value is -0.940. The van der Waals surface area contributed by atoms with E-state index in [1.807, 2.05) is 0 Å². The summed E-state index contributed by atoms with van der Waals surface area (Å²) in [5, 5.41) is 9.13. The van der Waals surface area contributed by atoms with Crippen LogP contribution in [0.2, 0.25) is 5.02 Å². The van der Waals surface area contributed by atoms with Gasteiger partial charge in [-0.15, -0.1) is 0 Å². The highest BCUT2D eigenvalue weighted by molar-refractivity contribution is 6.32. The van der Waals surface area contributed by atoms with Gasteiger partial charge in [-0.25, -0.2) is 0 Å². The minimum absolute atomic E-state index is 0.0949. The van der Waals surface area contributed by atoms with E-state index in [0.717, 1.165) is 12.1 Å². The van der Waals surface area contributed by atoms with Gasteiger partial charge in [0.1, 0.15) is 5.75 Å². The molecule has 0 saturated heterocycles. The Balaban J connectivity index is 3.06. The molecule has 15 heavy (non-hydrogen) atoms. The lowest BCUT2D eigenvalue weighted by molar-refractivity contribution is -0.206. The van der Waals surface area contributed by atoms with Crippen molar-refractivity contribution in [3.8, 4) is 5.75 Å². The average molecular weight is 241 g/mol. The number of alkyl halides is 3. The Morgan fingerprint density at radius 1 is 1.40 bits per heavy atom. The molecule has 0 radical (unpaired) electrons. The van der Waals surface area contributed by atoms with E-state index >= 15 is 0 Å². The molecule has 0 fully saturated rings. The molecule has 0 spiro atoms. The van der Waals surface area contributed by atoms with E-state index in [0.29, 0.717) is 0 Å². The van der Waals surface area contributed by atoms with Gasteiger partial charge in [-0.3, -0.25) is 0 Å². The number of benzene rings is 1. The number of ether oxygens (including phenoxy) is 1. The fourth-order valence-electron chi connectivity index (χ4n) is 1.04. The quantitative estimate of drug-likeness (QED) is 0.861. The average Bonchev–Trinajstić information content (AvgIpc) is 2.16. The van der Waals surface area contributed by atoms with Gasteiger partial charge in [-0.1, -0.05) is 17.7 Å². The van der Waals surface area contributed by atoms with Crippen molar-refractivity contribution >= 4 is 11.6 Å². The van der Waals surface area contributed by atoms with E-state index in [1.165, 1.54) is 13.2 Å². The van der Waals surface area contributed by atoms with Gasteiger partial charge in [0.15, 0.2) is 6.10 Å².